The summed E-state index contributed by atoms with van der Waals surface area (Å²) in [7, 11) is 4.16. The van der Waals surface area contributed by atoms with Crippen molar-refractivity contribution in [1.29, 1.82) is 0 Å². The minimum atomic E-state index is 0.427. The van der Waals surface area contributed by atoms with Crippen LogP contribution < -0.4 is 0 Å². The van der Waals surface area contributed by atoms with Crippen molar-refractivity contribution in [3.63, 3.8) is 0 Å². The fourth-order valence-corrected chi connectivity index (χ4v) is 8.22. The standard InChI is InChI=1S/C28H45N5O/c1-20-6-9-25-24-8-7-21-18-22(10-13-28(21,3)26(24)11-14-27(20,25)2)30-34-17-16-33-19-23(29-31-33)12-15-32(4)5/h19,21,24-26H,1,6-18H2,2-5H3/t21?,24?,25?,26?,27-,28+/m1/s1. The van der Waals surface area contributed by atoms with E-state index in [1.807, 2.05) is 10.9 Å². The van der Waals surface area contributed by atoms with E-state index in [1.54, 1.807) is 5.57 Å². The van der Waals surface area contributed by atoms with E-state index >= 15 is 0 Å². The van der Waals surface area contributed by atoms with Gasteiger partial charge in [0, 0.05) is 19.2 Å². The largest absolute Gasteiger partial charge is 0.394 e. The number of rotatable bonds is 7. The number of hydrogen-bond acceptors (Lipinski definition) is 5. The maximum atomic E-state index is 5.77. The van der Waals surface area contributed by atoms with Crippen LogP contribution in [0.1, 0.15) is 77.3 Å². The third-order valence-corrected chi connectivity index (χ3v) is 10.5. The van der Waals surface area contributed by atoms with Crippen LogP contribution in [0, 0.1) is 34.5 Å². The topological polar surface area (TPSA) is 55.5 Å². The number of aromatic nitrogens is 3. The Balaban J connectivity index is 1.13. The quantitative estimate of drug-likeness (QED) is 0.308. The number of likely N-dealkylation sites (N-methyl/N-ethyl adjacent to an activating group) is 1. The van der Waals surface area contributed by atoms with Crippen molar-refractivity contribution in [2.75, 3.05) is 27.2 Å². The summed E-state index contributed by atoms with van der Waals surface area (Å²) < 4.78 is 1.87. The zero-order valence-corrected chi connectivity index (χ0v) is 21.9. The number of oxime groups is 1. The summed E-state index contributed by atoms with van der Waals surface area (Å²) in [5.41, 5.74) is 4.77. The fraction of sp³-hybridized carbons (Fsp3) is 0.821. The first-order valence-electron chi connectivity index (χ1n) is 13.7. The molecule has 4 fully saturated rings. The van der Waals surface area contributed by atoms with E-state index in [0.29, 0.717) is 24.0 Å². The summed E-state index contributed by atoms with van der Waals surface area (Å²) in [5, 5.41) is 13.1. The second-order valence-electron chi connectivity index (χ2n) is 12.5. The molecule has 0 radical (unpaired) electrons. The van der Waals surface area contributed by atoms with Crippen molar-refractivity contribution in [2.45, 2.75) is 84.6 Å². The van der Waals surface area contributed by atoms with Gasteiger partial charge in [-0.05, 0) is 106 Å². The van der Waals surface area contributed by atoms with Crippen molar-refractivity contribution in [3.05, 3.63) is 24.0 Å². The Morgan fingerprint density at radius 3 is 2.82 bits per heavy atom. The minimum absolute atomic E-state index is 0.427. The number of fused-ring (bicyclic) bond motifs is 5. The second kappa shape index (κ2) is 9.40. The molecule has 188 valence electrons. The van der Waals surface area contributed by atoms with Gasteiger partial charge >= 0.3 is 0 Å². The van der Waals surface area contributed by atoms with E-state index in [1.165, 1.54) is 50.7 Å². The molecule has 0 aliphatic heterocycles. The Bertz CT molecular complexity index is 922. The van der Waals surface area contributed by atoms with Crippen LogP contribution >= 0.6 is 0 Å². The zero-order valence-electron chi connectivity index (χ0n) is 21.9. The van der Waals surface area contributed by atoms with Gasteiger partial charge in [0.15, 0.2) is 0 Å². The van der Waals surface area contributed by atoms with E-state index in [4.69, 9.17) is 4.84 Å². The lowest BCUT2D eigenvalue weighted by molar-refractivity contribution is -0.0859. The van der Waals surface area contributed by atoms with Crippen molar-refractivity contribution in [1.82, 2.24) is 19.9 Å². The van der Waals surface area contributed by atoms with Gasteiger partial charge in [-0.15, -0.1) is 5.10 Å². The first kappa shape index (κ1) is 24.0. The molecule has 0 aromatic carbocycles. The molecule has 0 amide bonds. The lowest BCUT2D eigenvalue weighted by atomic mass is 9.45. The van der Waals surface area contributed by atoms with Crippen molar-refractivity contribution < 1.29 is 4.84 Å². The normalized spacial score (nSPS) is 38.6. The first-order valence-corrected chi connectivity index (χ1v) is 13.7. The Kier molecular flexibility index (Phi) is 6.64. The van der Waals surface area contributed by atoms with Crippen LogP contribution in [0.2, 0.25) is 0 Å². The van der Waals surface area contributed by atoms with E-state index in [0.717, 1.165) is 55.2 Å². The maximum Gasteiger partial charge on any atom is 0.136 e. The molecule has 6 nitrogen and oxygen atoms in total. The molecule has 0 spiro atoms. The van der Waals surface area contributed by atoms with Crippen molar-refractivity contribution in [2.24, 2.45) is 39.7 Å². The van der Waals surface area contributed by atoms with Crippen LogP contribution in [0.25, 0.3) is 0 Å². The van der Waals surface area contributed by atoms with Gasteiger partial charge in [0.2, 0.25) is 0 Å². The summed E-state index contributed by atoms with van der Waals surface area (Å²) in [6.07, 6.45) is 14.7. The smallest absolute Gasteiger partial charge is 0.136 e. The Hall–Kier alpha value is -1.69. The van der Waals surface area contributed by atoms with Crippen LogP contribution in [-0.2, 0) is 17.8 Å². The molecule has 4 saturated carbocycles. The molecule has 4 aliphatic carbocycles. The Morgan fingerprint density at radius 2 is 2.00 bits per heavy atom. The molecule has 6 atom stereocenters. The van der Waals surface area contributed by atoms with E-state index < -0.39 is 0 Å². The van der Waals surface area contributed by atoms with E-state index in [2.05, 4.69) is 54.9 Å². The van der Waals surface area contributed by atoms with Gasteiger partial charge < -0.3 is 9.74 Å². The van der Waals surface area contributed by atoms with Crippen LogP contribution in [0.4, 0.5) is 0 Å². The van der Waals surface area contributed by atoms with Crippen molar-refractivity contribution in [3.8, 4) is 0 Å². The predicted molar refractivity (Wildman–Crippen MR) is 137 cm³/mol. The number of allylic oxidation sites excluding steroid dienone is 1. The number of hydrogen-bond donors (Lipinski definition) is 0. The average molecular weight is 468 g/mol. The zero-order chi connectivity index (χ0) is 23.9. The van der Waals surface area contributed by atoms with Gasteiger partial charge in [-0.3, -0.25) is 0 Å². The summed E-state index contributed by atoms with van der Waals surface area (Å²) in [4.78, 5) is 7.93. The SMILES string of the molecule is C=C1CCC2C3CCC4CC(=NOCCn5cc(CCN(C)C)nn5)CC[C@]4(C)C3CC[C@]12C. The molecular weight excluding hydrogens is 422 g/mol. The molecule has 34 heavy (non-hydrogen) atoms. The molecule has 4 aliphatic rings. The van der Waals surface area contributed by atoms with Crippen LogP contribution in [0.5, 0.6) is 0 Å². The molecule has 1 aromatic heterocycles. The highest BCUT2D eigenvalue weighted by molar-refractivity contribution is 5.85. The molecule has 5 rings (SSSR count). The van der Waals surface area contributed by atoms with Gasteiger partial charge in [-0.1, -0.05) is 36.4 Å². The summed E-state index contributed by atoms with van der Waals surface area (Å²) in [5.74, 6) is 3.47. The molecule has 1 heterocycles. The molecule has 1 aromatic rings. The van der Waals surface area contributed by atoms with Crippen LogP contribution in [-0.4, -0.2) is 52.9 Å². The minimum Gasteiger partial charge on any atom is -0.394 e. The van der Waals surface area contributed by atoms with Gasteiger partial charge in [0.05, 0.1) is 18.0 Å². The predicted octanol–water partition coefficient (Wildman–Crippen LogP) is 5.35. The lowest BCUT2D eigenvalue weighted by Crippen LogP contribution is -2.52. The maximum absolute atomic E-state index is 5.77. The monoisotopic (exact) mass is 467 g/mol. The van der Waals surface area contributed by atoms with Crippen LogP contribution in [0.15, 0.2) is 23.5 Å². The summed E-state index contributed by atoms with van der Waals surface area (Å²) in [6.45, 7) is 11.9. The van der Waals surface area contributed by atoms with Gasteiger partial charge in [-0.2, -0.15) is 0 Å². The number of nitrogens with zero attached hydrogens (tertiary/aromatic N) is 5. The molecule has 0 bridgehead atoms. The third kappa shape index (κ3) is 4.36. The highest BCUT2D eigenvalue weighted by Crippen LogP contribution is 2.66. The Labute approximate surface area is 206 Å². The highest BCUT2D eigenvalue weighted by Gasteiger charge is 2.58. The Morgan fingerprint density at radius 1 is 1.15 bits per heavy atom. The summed E-state index contributed by atoms with van der Waals surface area (Å²) >= 11 is 0. The van der Waals surface area contributed by atoms with E-state index in [-0.39, 0.29) is 0 Å². The third-order valence-electron chi connectivity index (χ3n) is 10.5. The lowest BCUT2D eigenvalue weighted by Gasteiger charge is -2.60. The van der Waals surface area contributed by atoms with Gasteiger partial charge in [-0.25, -0.2) is 4.68 Å². The highest BCUT2D eigenvalue weighted by atomic mass is 16.6. The molecule has 0 saturated heterocycles. The molecular formula is C28H45N5O. The van der Waals surface area contributed by atoms with Gasteiger partial charge in [0.1, 0.15) is 6.61 Å². The molecule has 0 N–H and O–H groups in total. The average Bonchev–Trinajstić information content (AvgIpc) is 3.39. The molecule has 6 heteroatoms. The second-order valence-corrected chi connectivity index (χ2v) is 12.5. The van der Waals surface area contributed by atoms with Gasteiger partial charge in [0.25, 0.3) is 0 Å². The first-order chi connectivity index (χ1) is 16.3. The fourth-order valence-electron chi connectivity index (χ4n) is 8.22. The van der Waals surface area contributed by atoms with E-state index in [9.17, 15) is 0 Å². The van der Waals surface area contributed by atoms with Crippen molar-refractivity contribution >= 4 is 5.71 Å². The summed E-state index contributed by atoms with van der Waals surface area (Å²) in [6, 6.07) is 0. The molecule has 4 unspecified atom stereocenters. The van der Waals surface area contributed by atoms with Crippen LogP contribution in [0.3, 0.4) is 0 Å².